The topological polar surface area (TPSA) is 37.6 Å². The number of anilines is 1. The maximum atomic E-state index is 15.0. The Hall–Kier alpha value is -1.83. The quantitative estimate of drug-likeness (QED) is 0.507. The van der Waals surface area contributed by atoms with E-state index in [0.717, 1.165) is 0 Å². The number of rotatable bonds is 3. The van der Waals surface area contributed by atoms with Crippen molar-refractivity contribution in [1.82, 2.24) is 9.61 Å². The molecule has 4 nitrogen and oxygen atoms in total. The van der Waals surface area contributed by atoms with Crippen LogP contribution in [0.4, 0.5) is 18.9 Å². The van der Waals surface area contributed by atoms with Crippen LogP contribution in [-0.2, 0) is 0 Å². The van der Waals surface area contributed by atoms with Crippen LogP contribution in [-0.4, -0.2) is 28.6 Å². The largest absolute Gasteiger partial charge is 1.00 e. The Kier molecular flexibility index (Phi) is 5.41. The third kappa shape index (κ3) is 3.15. The number of hydrogen-bond acceptors (Lipinski definition) is 3. The van der Waals surface area contributed by atoms with E-state index < -0.39 is 23.8 Å². The second-order valence-corrected chi connectivity index (χ2v) is 6.08. The minimum atomic E-state index is -1.15. The van der Waals surface area contributed by atoms with E-state index in [0.29, 0.717) is 11.8 Å². The molecule has 8 heteroatoms. The van der Waals surface area contributed by atoms with Gasteiger partial charge in [-0.05, 0) is 23.8 Å². The standard InChI is InChI=1S/C18H14F3N3O.Na.H/c19-13-3-1-2-11(6-13)16-7-14(20)9-23(16)15-4-5-24-18(17(15)21)12(10-25)8-22-24;;/h1-6,8,10,14,16H,7,9H2;;/q;+1;-1/t14-,16+;;/m0../s1. The number of pyridine rings is 1. The van der Waals surface area contributed by atoms with E-state index in [-0.39, 0.29) is 60.7 Å². The van der Waals surface area contributed by atoms with Gasteiger partial charge in [-0.25, -0.2) is 17.7 Å². The van der Waals surface area contributed by atoms with Crippen LogP contribution in [0.2, 0.25) is 0 Å². The molecule has 4 rings (SSSR count). The SMILES string of the molecule is O=Cc1cnn2ccc(N3C[C@@H](F)C[C@@H]3c3cccc(F)c3)c(F)c12.[H-].[Na+]. The Labute approximate surface area is 171 Å². The van der Waals surface area contributed by atoms with Crippen LogP contribution >= 0.6 is 0 Å². The molecule has 2 aromatic heterocycles. The molecule has 0 bridgehead atoms. The van der Waals surface area contributed by atoms with Crippen molar-refractivity contribution in [1.29, 1.82) is 0 Å². The molecule has 0 radical (unpaired) electrons. The van der Waals surface area contributed by atoms with E-state index in [2.05, 4.69) is 5.10 Å². The summed E-state index contributed by atoms with van der Waals surface area (Å²) in [4.78, 5) is 12.7. The molecule has 0 amide bonds. The molecule has 130 valence electrons. The number of carbonyl (C=O) groups is 1. The zero-order chi connectivity index (χ0) is 17.6. The molecule has 1 fully saturated rings. The first-order valence-electron chi connectivity index (χ1n) is 7.85. The second-order valence-electron chi connectivity index (χ2n) is 6.08. The van der Waals surface area contributed by atoms with Crippen molar-refractivity contribution < 1.29 is 48.9 Å². The van der Waals surface area contributed by atoms with Gasteiger partial charge in [0.1, 0.15) is 17.5 Å². The fourth-order valence-electron chi connectivity index (χ4n) is 3.44. The average molecular weight is 369 g/mol. The first-order chi connectivity index (χ1) is 12.1. The van der Waals surface area contributed by atoms with Crippen molar-refractivity contribution in [3.63, 3.8) is 0 Å². The van der Waals surface area contributed by atoms with E-state index in [1.54, 1.807) is 17.0 Å². The summed E-state index contributed by atoms with van der Waals surface area (Å²) in [6.45, 7) is -0.00116. The van der Waals surface area contributed by atoms with Crippen LogP contribution in [0.1, 0.15) is 29.8 Å². The van der Waals surface area contributed by atoms with Gasteiger partial charge in [-0.3, -0.25) is 4.79 Å². The van der Waals surface area contributed by atoms with Gasteiger partial charge in [0.05, 0.1) is 23.5 Å². The fourth-order valence-corrected chi connectivity index (χ4v) is 3.44. The van der Waals surface area contributed by atoms with Crippen molar-refractivity contribution in [3.05, 3.63) is 65.5 Å². The van der Waals surface area contributed by atoms with Crippen molar-refractivity contribution >= 4 is 17.5 Å². The monoisotopic (exact) mass is 369 g/mol. The fraction of sp³-hybridized carbons (Fsp3) is 0.222. The summed E-state index contributed by atoms with van der Waals surface area (Å²) in [5.41, 5.74) is 0.930. The Morgan fingerprint density at radius 2 is 2.08 bits per heavy atom. The molecule has 1 saturated heterocycles. The predicted molar refractivity (Wildman–Crippen MR) is 87.6 cm³/mol. The molecular weight excluding hydrogens is 354 g/mol. The Balaban J connectivity index is 0.00000131. The van der Waals surface area contributed by atoms with Gasteiger partial charge >= 0.3 is 29.6 Å². The molecule has 0 saturated carbocycles. The summed E-state index contributed by atoms with van der Waals surface area (Å²) in [6.07, 6.45) is 2.32. The number of aromatic nitrogens is 2. The number of carbonyl (C=O) groups excluding carboxylic acids is 1. The third-order valence-electron chi connectivity index (χ3n) is 4.55. The van der Waals surface area contributed by atoms with Gasteiger partial charge in [0, 0.05) is 19.2 Å². The summed E-state index contributed by atoms with van der Waals surface area (Å²) >= 11 is 0. The molecule has 2 atom stereocenters. The second kappa shape index (κ2) is 7.42. The molecular formula is C18H15F3N3NaO. The molecule has 26 heavy (non-hydrogen) atoms. The van der Waals surface area contributed by atoms with Crippen LogP contribution < -0.4 is 34.5 Å². The smallest absolute Gasteiger partial charge is 1.00 e. The van der Waals surface area contributed by atoms with Gasteiger partial charge in [-0.2, -0.15) is 5.10 Å². The van der Waals surface area contributed by atoms with Crippen molar-refractivity contribution in [2.24, 2.45) is 0 Å². The van der Waals surface area contributed by atoms with Gasteiger partial charge in [0.15, 0.2) is 12.1 Å². The zero-order valence-corrected chi connectivity index (χ0v) is 16.1. The number of hydrogen-bond donors (Lipinski definition) is 0. The normalized spacial score (nSPS) is 19.6. The van der Waals surface area contributed by atoms with Crippen LogP contribution in [0.15, 0.2) is 42.7 Å². The van der Waals surface area contributed by atoms with Crippen LogP contribution in [0.3, 0.4) is 0 Å². The minimum Gasteiger partial charge on any atom is -1.00 e. The van der Waals surface area contributed by atoms with E-state index in [1.807, 2.05) is 0 Å². The van der Waals surface area contributed by atoms with Crippen molar-refractivity contribution in [3.8, 4) is 0 Å². The van der Waals surface area contributed by atoms with E-state index in [9.17, 15) is 13.6 Å². The van der Waals surface area contributed by atoms with Crippen LogP contribution in [0.5, 0.6) is 0 Å². The van der Waals surface area contributed by atoms with Crippen molar-refractivity contribution in [2.45, 2.75) is 18.6 Å². The third-order valence-corrected chi connectivity index (χ3v) is 4.55. The molecule has 1 aliphatic rings. The zero-order valence-electron chi connectivity index (χ0n) is 15.1. The van der Waals surface area contributed by atoms with E-state index in [1.165, 1.54) is 35.1 Å². The molecule has 1 aromatic carbocycles. The summed E-state index contributed by atoms with van der Waals surface area (Å²) in [7, 11) is 0. The molecule has 0 spiro atoms. The van der Waals surface area contributed by atoms with E-state index in [4.69, 9.17) is 0 Å². The van der Waals surface area contributed by atoms with Gasteiger partial charge in [0.2, 0.25) is 0 Å². The Morgan fingerprint density at radius 1 is 1.27 bits per heavy atom. The summed E-state index contributed by atoms with van der Waals surface area (Å²) < 4.78 is 44.0. The number of benzene rings is 1. The maximum absolute atomic E-state index is 15.0. The molecule has 3 aromatic rings. The van der Waals surface area contributed by atoms with Gasteiger partial charge in [-0.1, -0.05) is 12.1 Å². The number of nitrogens with zero attached hydrogens (tertiary/aromatic N) is 3. The van der Waals surface area contributed by atoms with Gasteiger partial charge in [-0.15, -0.1) is 0 Å². The average Bonchev–Trinajstić information content (AvgIpc) is 3.19. The molecule has 0 aliphatic carbocycles. The van der Waals surface area contributed by atoms with Crippen LogP contribution in [0, 0.1) is 11.6 Å². The number of aldehydes is 1. The molecule has 1 aliphatic heterocycles. The maximum Gasteiger partial charge on any atom is 1.00 e. The predicted octanol–water partition coefficient (Wildman–Crippen LogP) is 0.831. The first-order valence-corrected chi connectivity index (χ1v) is 7.85. The van der Waals surface area contributed by atoms with Crippen LogP contribution in [0.25, 0.3) is 5.52 Å². The molecule has 0 unspecified atom stereocenters. The summed E-state index contributed by atoms with van der Waals surface area (Å²) in [6, 6.07) is 6.91. The van der Waals surface area contributed by atoms with Gasteiger partial charge < -0.3 is 6.33 Å². The number of alkyl halides is 1. The Bertz CT molecular complexity index is 968. The number of fused-ring (bicyclic) bond motifs is 1. The Morgan fingerprint density at radius 3 is 2.81 bits per heavy atom. The minimum absolute atomic E-state index is 0. The van der Waals surface area contributed by atoms with Crippen molar-refractivity contribution in [2.75, 3.05) is 11.4 Å². The van der Waals surface area contributed by atoms with Gasteiger partial charge in [0.25, 0.3) is 0 Å². The summed E-state index contributed by atoms with van der Waals surface area (Å²) in [5, 5.41) is 3.93. The first kappa shape index (κ1) is 18.9. The summed E-state index contributed by atoms with van der Waals surface area (Å²) in [5.74, 6) is -1.06. The molecule has 0 N–H and O–H groups in total. The number of halogens is 3. The van der Waals surface area contributed by atoms with E-state index >= 15 is 4.39 Å². The molecule has 3 heterocycles.